The van der Waals surface area contributed by atoms with Gasteiger partial charge in [-0.25, -0.2) is 0 Å². The van der Waals surface area contributed by atoms with Crippen LogP contribution in [-0.2, 0) is 0 Å². The number of rotatable bonds is 5. The molecule has 2 heteroatoms. The van der Waals surface area contributed by atoms with Gasteiger partial charge >= 0.3 is 0 Å². The Morgan fingerprint density at radius 3 is 2.47 bits per heavy atom. The lowest BCUT2D eigenvalue weighted by molar-refractivity contribution is 0.0332. The molecule has 2 N–H and O–H groups in total. The summed E-state index contributed by atoms with van der Waals surface area (Å²) in [6.45, 7) is 11.1. The zero-order valence-electron chi connectivity index (χ0n) is 10.9. The Labute approximate surface area is 95.2 Å². The smallest absolute Gasteiger partial charge is 0.0362 e. The molecule has 2 unspecified atom stereocenters. The van der Waals surface area contributed by atoms with Gasteiger partial charge in [0.15, 0.2) is 0 Å². The lowest BCUT2D eigenvalue weighted by atomic mass is 9.82. The molecule has 1 rings (SSSR count). The van der Waals surface area contributed by atoms with Crippen LogP contribution >= 0.6 is 0 Å². The Kier molecular flexibility index (Phi) is 4.60. The average molecular weight is 212 g/mol. The normalized spacial score (nSPS) is 31.8. The quantitative estimate of drug-likeness (QED) is 0.759. The van der Waals surface area contributed by atoms with Gasteiger partial charge in [-0.3, -0.25) is 4.90 Å². The highest BCUT2D eigenvalue weighted by atomic mass is 15.2. The van der Waals surface area contributed by atoms with Crippen molar-refractivity contribution in [2.45, 2.75) is 65.0 Å². The van der Waals surface area contributed by atoms with E-state index < -0.39 is 0 Å². The predicted octanol–water partition coefficient (Wildman–Crippen LogP) is 2.62. The summed E-state index contributed by atoms with van der Waals surface area (Å²) < 4.78 is 0. The Morgan fingerprint density at radius 1 is 1.40 bits per heavy atom. The third kappa shape index (κ3) is 2.21. The Morgan fingerprint density at radius 2 is 2.07 bits per heavy atom. The van der Waals surface area contributed by atoms with Crippen molar-refractivity contribution in [3.63, 3.8) is 0 Å². The summed E-state index contributed by atoms with van der Waals surface area (Å²) in [4.78, 5) is 2.63. The third-order valence-electron chi connectivity index (χ3n) is 4.30. The first-order valence-electron chi connectivity index (χ1n) is 6.59. The summed E-state index contributed by atoms with van der Waals surface area (Å²) in [5, 5.41) is 0. The molecule has 0 aromatic heterocycles. The molecule has 15 heavy (non-hydrogen) atoms. The van der Waals surface area contributed by atoms with Crippen molar-refractivity contribution in [1.82, 2.24) is 4.90 Å². The highest BCUT2D eigenvalue weighted by molar-refractivity contribution is 5.02. The number of nitrogens with two attached hydrogens (primary N) is 1. The van der Waals surface area contributed by atoms with Gasteiger partial charge in [0.1, 0.15) is 0 Å². The highest BCUT2D eigenvalue weighted by Crippen LogP contribution is 2.42. The molecule has 0 saturated heterocycles. The van der Waals surface area contributed by atoms with Gasteiger partial charge in [-0.05, 0) is 39.2 Å². The van der Waals surface area contributed by atoms with Gasteiger partial charge in [0, 0.05) is 18.1 Å². The van der Waals surface area contributed by atoms with Crippen molar-refractivity contribution in [2.24, 2.45) is 11.7 Å². The van der Waals surface area contributed by atoms with E-state index in [0.29, 0.717) is 11.6 Å². The van der Waals surface area contributed by atoms with Crippen molar-refractivity contribution in [1.29, 1.82) is 0 Å². The van der Waals surface area contributed by atoms with Gasteiger partial charge in [-0.1, -0.05) is 26.7 Å². The van der Waals surface area contributed by atoms with E-state index in [1.807, 2.05) is 0 Å². The van der Waals surface area contributed by atoms with E-state index in [-0.39, 0.29) is 0 Å². The fourth-order valence-corrected chi connectivity index (χ4v) is 3.67. The molecule has 0 aliphatic heterocycles. The van der Waals surface area contributed by atoms with Crippen LogP contribution in [0.2, 0.25) is 0 Å². The van der Waals surface area contributed by atoms with Crippen LogP contribution in [0.4, 0.5) is 0 Å². The maximum Gasteiger partial charge on any atom is 0.0362 e. The van der Waals surface area contributed by atoms with Gasteiger partial charge in [0.2, 0.25) is 0 Å². The molecule has 0 bridgehead atoms. The minimum atomic E-state index is 0.303. The van der Waals surface area contributed by atoms with Gasteiger partial charge in [0.05, 0.1) is 0 Å². The average Bonchev–Trinajstić information content (AvgIpc) is 2.62. The molecule has 0 radical (unpaired) electrons. The van der Waals surface area contributed by atoms with Gasteiger partial charge in [0.25, 0.3) is 0 Å². The van der Waals surface area contributed by atoms with Gasteiger partial charge in [-0.2, -0.15) is 0 Å². The monoisotopic (exact) mass is 212 g/mol. The van der Waals surface area contributed by atoms with E-state index in [1.165, 1.54) is 25.7 Å². The first kappa shape index (κ1) is 13.0. The molecule has 0 heterocycles. The highest BCUT2D eigenvalue weighted by Gasteiger charge is 2.45. The summed E-state index contributed by atoms with van der Waals surface area (Å²) in [6, 6.07) is 0.616. The van der Waals surface area contributed by atoms with E-state index in [9.17, 15) is 0 Å². The fourth-order valence-electron chi connectivity index (χ4n) is 3.67. The molecule has 0 aromatic carbocycles. The van der Waals surface area contributed by atoms with Crippen molar-refractivity contribution in [3.05, 3.63) is 0 Å². The molecule has 2 atom stereocenters. The zero-order chi connectivity index (χ0) is 11.5. The SMILES string of the molecule is CCC1CCCC1(CN)N(CC)C(C)C. The summed E-state index contributed by atoms with van der Waals surface area (Å²) in [5.74, 6) is 0.810. The van der Waals surface area contributed by atoms with Crippen LogP contribution in [0, 0.1) is 5.92 Å². The molecule has 0 spiro atoms. The Balaban J connectivity index is 2.90. The molecule has 2 nitrogen and oxygen atoms in total. The van der Waals surface area contributed by atoms with Crippen LogP contribution in [-0.4, -0.2) is 29.6 Å². The van der Waals surface area contributed by atoms with Crippen molar-refractivity contribution < 1.29 is 0 Å². The van der Waals surface area contributed by atoms with Crippen LogP contribution in [0.3, 0.4) is 0 Å². The summed E-state index contributed by atoms with van der Waals surface area (Å²) >= 11 is 0. The van der Waals surface area contributed by atoms with Crippen molar-refractivity contribution >= 4 is 0 Å². The Bertz CT molecular complexity index is 191. The summed E-state index contributed by atoms with van der Waals surface area (Å²) in [6.07, 6.45) is 5.31. The topological polar surface area (TPSA) is 29.3 Å². The standard InChI is InChI=1S/C13H28N2/c1-5-12-8-7-9-13(12,10-14)15(6-2)11(3)4/h11-12H,5-10,14H2,1-4H3. The molecule has 1 aliphatic carbocycles. The Hall–Kier alpha value is -0.0800. The third-order valence-corrected chi connectivity index (χ3v) is 4.30. The molecule has 0 aromatic rings. The number of hydrogen-bond acceptors (Lipinski definition) is 2. The first-order valence-corrected chi connectivity index (χ1v) is 6.59. The molecule has 1 fully saturated rings. The largest absolute Gasteiger partial charge is 0.329 e. The molecule has 1 saturated carbocycles. The van der Waals surface area contributed by atoms with Crippen LogP contribution < -0.4 is 5.73 Å². The lowest BCUT2D eigenvalue weighted by Crippen LogP contribution is -2.58. The molecule has 90 valence electrons. The van der Waals surface area contributed by atoms with E-state index in [4.69, 9.17) is 5.73 Å². The number of hydrogen-bond donors (Lipinski definition) is 1. The maximum absolute atomic E-state index is 6.11. The summed E-state index contributed by atoms with van der Waals surface area (Å²) in [7, 11) is 0. The fraction of sp³-hybridized carbons (Fsp3) is 1.00. The molecular formula is C13H28N2. The second-order valence-corrected chi connectivity index (χ2v) is 5.18. The van der Waals surface area contributed by atoms with E-state index in [0.717, 1.165) is 19.0 Å². The van der Waals surface area contributed by atoms with Crippen LogP contribution in [0.25, 0.3) is 0 Å². The second kappa shape index (κ2) is 5.31. The van der Waals surface area contributed by atoms with Gasteiger partial charge in [-0.15, -0.1) is 0 Å². The van der Waals surface area contributed by atoms with Gasteiger partial charge < -0.3 is 5.73 Å². The second-order valence-electron chi connectivity index (χ2n) is 5.18. The first-order chi connectivity index (χ1) is 7.12. The van der Waals surface area contributed by atoms with E-state index in [1.54, 1.807) is 0 Å². The van der Waals surface area contributed by atoms with Crippen LogP contribution in [0.1, 0.15) is 53.4 Å². The number of nitrogens with zero attached hydrogens (tertiary/aromatic N) is 1. The summed E-state index contributed by atoms with van der Waals surface area (Å²) in [5.41, 5.74) is 6.41. The van der Waals surface area contributed by atoms with Crippen LogP contribution in [0.5, 0.6) is 0 Å². The lowest BCUT2D eigenvalue weighted by Gasteiger charge is -2.47. The number of likely N-dealkylation sites (N-methyl/N-ethyl adjacent to an activating group) is 1. The maximum atomic E-state index is 6.11. The molecular weight excluding hydrogens is 184 g/mol. The van der Waals surface area contributed by atoms with Crippen molar-refractivity contribution in [2.75, 3.05) is 13.1 Å². The molecule has 1 aliphatic rings. The minimum Gasteiger partial charge on any atom is -0.329 e. The van der Waals surface area contributed by atoms with E-state index in [2.05, 4.69) is 32.6 Å². The zero-order valence-corrected chi connectivity index (χ0v) is 10.9. The van der Waals surface area contributed by atoms with Crippen molar-refractivity contribution in [3.8, 4) is 0 Å². The minimum absolute atomic E-state index is 0.303. The molecule has 0 amide bonds. The van der Waals surface area contributed by atoms with E-state index >= 15 is 0 Å². The predicted molar refractivity (Wildman–Crippen MR) is 66.9 cm³/mol. The van der Waals surface area contributed by atoms with Crippen LogP contribution in [0.15, 0.2) is 0 Å².